The van der Waals surface area contributed by atoms with Gasteiger partial charge in [0.1, 0.15) is 11.2 Å². The second-order valence-electron chi connectivity index (χ2n) is 13.0. The van der Waals surface area contributed by atoms with Crippen molar-refractivity contribution in [1.29, 1.82) is 0 Å². The van der Waals surface area contributed by atoms with Gasteiger partial charge in [-0.25, -0.2) is 0 Å². The topological polar surface area (TPSA) is 21.3 Å². The summed E-state index contributed by atoms with van der Waals surface area (Å²) in [5.74, 6) is 0. The molecule has 3 heterocycles. The van der Waals surface area contributed by atoms with Crippen molar-refractivity contribution in [3.63, 3.8) is 0 Å². The molecule has 0 unspecified atom stereocenters. The van der Waals surface area contributed by atoms with E-state index < -0.39 is 0 Å². The van der Waals surface area contributed by atoms with Gasteiger partial charge in [-0.3, -0.25) is 0 Å². The van der Waals surface area contributed by atoms with Crippen molar-refractivity contribution in [1.82, 2.24) is 4.57 Å². The average Bonchev–Trinajstić information content (AvgIpc) is 3.83. The minimum atomic E-state index is 0.905. The van der Waals surface area contributed by atoms with Gasteiger partial charge in [-0.05, 0) is 89.6 Å². The number of para-hydroxylation sites is 3. The Labute approximate surface area is 291 Å². The summed E-state index contributed by atoms with van der Waals surface area (Å²) in [5.41, 5.74) is 8.68. The van der Waals surface area contributed by atoms with Crippen LogP contribution < -0.4 is 4.90 Å². The molecule has 0 atom stereocenters. The molecule has 0 aliphatic heterocycles. The summed E-state index contributed by atoms with van der Waals surface area (Å²) in [6.45, 7) is 0. The minimum Gasteiger partial charge on any atom is -0.456 e. The number of anilines is 3. The van der Waals surface area contributed by atoms with Gasteiger partial charge in [0.15, 0.2) is 0 Å². The maximum absolute atomic E-state index is 6.34. The number of aromatic nitrogens is 1. The van der Waals surface area contributed by atoms with Crippen molar-refractivity contribution < 1.29 is 4.42 Å². The van der Waals surface area contributed by atoms with Crippen LogP contribution in [0.2, 0.25) is 0 Å². The van der Waals surface area contributed by atoms with Gasteiger partial charge in [-0.15, -0.1) is 11.3 Å². The fourth-order valence-electron chi connectivity index (χ4n) is 7.92. The van der Waals surface area contributed by atoms with Crippen LogP contribution in [-0.4, -0.2) is 4.57 Å². The molecule has 0 saturated carbocycles. The normalized spacial score (nSPS) is 12.0. The molecule has 0 spiro atoms. The molecule has 8 aromatic carbocycles. The first kappa shape index (κ1) is 27.6. The molecule has 3 aromatic heterocycles. The van der Waals surface area contributed by atoms with Gasteiger partial charge >= 0.3 is 0 Å². The van der Waals surface area contributed by atoms with Gasteiger partial charge < -0.3 is 13.9 Å². The van der Waals surface area contributed by atoms with Crippen LogP contribution in [-0.2, 0) is 0 Å². The van der Waals surface area contributed by atoms with Crippen molar-refractivity contribution in [2.75, 3.05) is 4.90 Å². The van der Waals surface area contributed by atoms with E-state index in [4.69, 9.17) is 4.42 Å². The highest BCUT2D eigenvalue weighted by Crippen LogP contribution is 2.46. The van der Waals surface area contributed by atoms with Crippen molar-refractivity contribution >= 4 is 103 Å². The molecule has 0 fully saturated rings. The fourth-order valence-corrected chi connectivity index (χ4v) is 9.06. The summed E-state index contributed by atoms with van der Waals surface area (Å²) < 4.78 is 11.3. The molecule has 0 amide bonds. The summed E-state index contributed by atoms with van der Waals surface area (Å²) in [7, 11) is 0. The lowest BCUT2D eigenvalue weighted by molar-refractivity contribution is 0.669. The summed E-state index contributed by atoms with van der Waals surface area (Å²) in [5, 5.41) is 9.65. The molecule has 4 heteroatoms. The molecule has 0 saturated heterocycles. The van der Waals surface area contributed by atoms with Gasteiger partial charge in [0, 0.05) is 58.8 Å². The number of hydrogen-bond acceptors (Lipinski definition) is 3. The maximum Gasteiger partial charge on any atom is 0.136 e. The van der Waals surface area contributed by atoms with Crippen molar-refractivity contribution in [2.45, 2.75) is 0 Å². The van der Waals surface area contributed by atoms with Crippen molar-refractivity contribution in [2.24, 2.45) is 0 Å². The van der Waals surface area contributed by atoms with E-state index in [9.17, 15) is 0 Å². The van der Waals surface area contributed by atoms with Crippen LogP contribution in [0.1, 0.15) is 0 Å². The fraction of sp³-hybridized carbons (Fsp3) is 0. The predicted octanol–water partition coefficient (Wildman–Crippen LogP) is 13.7. The highest BCUT2D eigenvalue weighted by atomic mass is 32.1. The van der Waals surface area contributed by atoms with Crippen molar-refractivity contribution in [3.8, 4) is 5.69 Å². The second kappa shape index (κ2) is 10.6. The molecule has 11 rings (SSSR count). The number of benzene rings is 8. The Morgan fingerprint density at radius 1 is 0.440 bits per heavy atom. The van der Waals surface area contributed by atoms with Crippen LogP contribution >= 0.6 is 11.3 Å². The molecule has 0 aliphatic rings. The molecule has 11 aromatic rings. The minimum absolute atomic E-state index is 0.905. The van der Waals surface area contributed by atoms with E-state index in [-0.39, 0.29) is 0 Å². The van der Waals surface area contributed by atoms with Crippen LogP contribution in [0.25, 0.3) is 80.4 Å². The van der Waals surface area contributed by atoms with E-state index in [1.165, 1.54) is 47.4 Å². The molecule has 50 heavy (non-hydrogen) atoms. The number of fused-ring (bicyclic) bond motifs is 10. The van der Waals surface area contributed by atoms with Crippen LogP contribution in [0.15, 0.2) is 174 Å². The van der Waals surface area contributed by atoms with Gasteiger partial charge in [0.25, 0.3) is 0 Å². The van der Waals surface area contributed by atoms with E-state index in [1.807, 2.05) is 23.5 Å². The van der Waals surface area contributed by atoms with E-state index in [0.717, 1.165) is 50.1 Å². The molecular formula is C46H28N2OS. The smallest absolute Gasteiger partial charge is 0.136 e. The van der Waals surface area contributed by atoms with Gasteiger partial charge in [-0.1, -0.05) is 91.0 Å². The zero-order valence-electron chi connectivity index (χ0n) is 26.9. The van der Waals surface area contributed by atoms with Gasteiger partial charge in [0.2, 0.25) is 0 Å². The lowest BCUT2D eigenvalue weighted by Gasteiger charge is -2.27. The van der Waals surface area contributed by atoms with Crippen molar-refractivity contribution in [3.05, 3.63) is 170 Å². The lowest BCUT2D eigenvalue weighted by atomic mass is 10.0. The summed E-state index contributed by atoms with van der Waals surface area (Å²) in [6, 6.07) is 61.4. The molecule has 0 aliphatic carbocycles. The third-order valence-electron chi connectivity index (χ3n) is 10.1. The molecule has 0 radical (unpaired) electrons. The summed E-state index contributed by atoms with van der Waals surface area (Å²) in [6.07, 6.45) is 0. The number of rotatable bonds is 4. The van der Waals surface area contributed by atoms with Crippen LogP contribution in [0.3, 0.4) is 0 Å². The molecule has 234 valence electrons. The predicted molar refractivity (Wildman–Crippen MR) is 213 cm³/mol. The van der Waals surface area contributed by atoms with E-state index in [2.05, 4.69) is 167 Å². The highest BCUT2D eigenvalue weighted by Gasteiger charge is 2.22. The first-order chi connectivity index (χ1) is 24.8. The summed E-state index contributed by atoms with van der Waals surface area (Å²) in [4.78, 5) is 2.44. The quantitative estimate of drug-likeness (QED) is 0.188. The highest BCUT2D eigenvalue weighted by molar-refractivity contribution is 7.25. The Kier molecular flexibility index (Phi) is 5.83. The van der Waals surface area contributed by atoms with Crippen LogP contribution in [0, 0.1) is 0 Å². The zero-order valence-corrected chi connectivity index (χ0v) is 27.7. The first-order valence-electron chi connectivity index (χ1n) is 16.9. The van der Waals surface area contributed by atoms with Crippen LogP contribution in [0.5, 0.6) is 0 Å². The Morgan fingerprint density at radius 2 is 1.16 bits per heavy atom. The molecule has 3 nitrogen and oxygen atoms in total. The van der Waals surface area contributed by atoms with E-state index in [0.29, 0.717) is 0 Å². The first-order valence-corrected chi connectivity index (χ1v) is 17.7. The zero-order chi connectivity index (χ0) is 32.8. The van der Waals surface area contributed by atoms with E-state index in [1.54, 1.807) is 0 Å². The molecule has 0 bridgehead atoms. The lowest BCUT2D eigenvalue weighted by Crippen LogP contribution is -2.10. The van der Waals surface area contributed by atoms with Gasteiger partial charge in [0.05, 0.1) is 16.7 Å². The Balaban J connectivity index is 1.20. The maximum atomic E-state index is 6.34. The monoisotopic (exact) mass is 656 g/mol. The summed E-state index contributed by atoms with van der Waals surface area (Å²) >= 11 is 1.85. The molecule has 0 N–H and O–H groups in total. The Hall–Kier alpha value is -6.36. The average molecular weight is 657 g/mol. The third kappa shape index (κ3) is 4.03. The van der Waals surface area contributed by atoms with Crippen LogP contribution in [0.4, 0.5) is 17.1 Å². The Morgan fingerprint density at radius 3 is 2.08 bits per heavy atom. The number of hydrogen-bond donors (Lipinski definition) is 0. The number of nitrogens with zero attached hydrogens (tertiary/aromatic N) is 2. The third-order valence-corrected chi connectivity index (χ3v) is 11.3. The number of furan rings is 1. The Bertz CT molecular complexity index is 3110. The largest absolute Gasteiger partial charge is 0.456 e. The number of thiophene rings is 1. The SMILES string of the molecule is c1ccc(-n2c3ccccc3c3c(N(c4ccc5cc6c(cc5c4)oc4ccccc46)c4ccc5c(c4)sc4ccccc45)cccc32)cc1. The van der Waals surface area contributed by atoms with Gasteiger partial charge in [-0.2, -0.15) is 0 Å². The van der Waals surface area contributed by atoms with E-state index >= 15 is 0 Å². The molecular weight excluding hydrogens is 629 g/mol. The standard InChI is InChI=1S/C46H28N2OS/c1-2-11-31(12-3-1)48-39-16-7-4-15-37(39)46-40(17-10-18-41(46)48)47(33-23-24-36-35-14-6-9-20-44(35)50-45(36)28-33)32-22-21-29-26-38-34-13-5-8-19-42(34)49-43(38)27-30(29)25-32/h1-28H. The second-order valence-corrected chi connectivity index (χ2v) is 14.0.